The molecule has 2 N–H and O–H groups in total. The largest absolute Gasteiger partial charge is 0.497 e. The summed E-state index contributed by atoms with van der Waals surface area (Å²) in [4.78, 5) is 11.8. The van der Waals surface area contributed by atoms with E-state index in [0.29, 0.717) is 5.75 Å². The molecule has 6 nitrogen and oxygen atoms in total. The van der Waals surface area contributed by atoms with E-state index in [0.717, 1.165) is 17.2 Å². The first-order chi connectivity index (χ1) is 11.6. The van der Waals surface area contributed by atoms with Crippen LogP contribution in [0.15, 0.2) is 48.5 Å². The molecule has 0 radical (unpaired) electrons. The number of thiocarbonyl (C=S) groups is 1. The van der Waals surface area contributed by atoms with Crippen molar-refractivity contribution < 1.29 is 19.0 Å². The van der Waals surface area contributed by atoms with Crippen molar-refractivity contribution >= 4 is 28.9 Å². The van der Waals surface area contributed by atoms with E-state index in [4.69, 9.17) is 26.4 Å². The van der Waals surface area contributed by atoms with Gasteiger partial charge in [0.25, 0.3) is 5.91 Å². The lowest BCUT2D eigenvalue weighted by Crippen LogP contribution is -2.37. The van der Waals surface area contributed by atoms with Crippen LogP contribution in [0, 0.1) is 0 Å². The summed E-state index contributed by atoms with van der Waals surface area (Å²) >= 11 is 5.09. The van der Waals surface area contributed by atoms with E-state index in [1.54, 1.807) is 62.8 Å². The highest BCUT2D eigenvalue weighted by Crippen LogP contribution is 2.17. The average Bonchev–Trinajstić information content (AvgIpc) is 2.61. The molecule has 0 saturated carbocycles. The van der Waals surface area contributed by atoms with Crippen molar-refractivity contribution in [1.82, 2.24) is 5.32 Å². The summed E-state index contributed by atoms with van der Waals surface area (Å²) in [5, 5.41) is 5.66. The summed E-state index contributed by atoms with van der Waals surface area (Å²) in [6.07, 6.45) is 0. The van der Waals surface area contributed by atoms with Crippen LogP contribution in [0.1, 0.15) is 0 Å². The van der Waals surface area contributed by atoms with Gasteiger partial charge in [0.2, 0.25) is 0 Å². The Balaban J connectivity index is 1.77. The van der Waals surface area contributed by atoms with E-state index in [1.807, 2.05) is 0 Å². The van der Waals surface area contributed by atoms with E-state index in [2.05, 4.69) is 10.6 Å². The Bertz CT molecular complexity index is 687. The molecule has 0 saturated heterocycles. The van der Waals surface area contributed by atoms with Gasteiger partial charge < -0.3 is 19.5 Å². The SMILES string of the molecule is COc1ccc(NC(=S)NC(=O)COc2ccc(OC)cc2)cc1. The molecular formula is C17H18N2O4S. The molecule has 24 heavy (non-hydrogen) atoms. The van der Waals surface area contributed by atoms with E-state index in [-0.39, 0.29) is 17.6 Å². The molecule has 0 aromatic heterocycles. The van der Waals surface area contributed by atoms with Gasteiger partial charge in [0.15, 0.2) is 11.7 Å². The molecule has 0 heterocycles. The molecule has 0 atom stereocenters. The number of benzene rings is 2. The maximum Gasteiger partial charge on any atom is 0.264 e. The Hall–Kier alpha value is -2.80. The van der Waals surface area contributed by atoms with Crippen molar-refractivity contribution in [2.45, 2.75) is 0 Å². The first kappa shape index (κ1) is 17.6. The summed E-state index contributed by atoms with van der Waals surface area (Å²) in [5.74, 6) is 1.68. The Morgan fingerprint density at radius 3 is 1.96 bits per heavy atom. The summed E-state index contributed by atoms with van der Waals surface area (Å²) in [7, 11) is 3.18. The van der Waals surface area contributed by atoms with Crippen molar-refractivity contribution in [1.29, 1.82) is 0 Å². The average molecular weight is 346 g/mol. The first-order valence-corrected chi connectivity index (χ1v) is 7.53. The molecule has 126 valence electrons. The number of rotatable bonds is 6. The van der Waals surface area contributed by atoms with Crippen LogP contribution in [0.25, 0.3) is 0 Å². The van der Waals surface area contributed by atoms with Crippen LogP contribution in [0.3, 0.4) is 0 Å². The zero-order valence-corrected chi connectivity index (χ0v) is 14.2. The van der Waals surface area contributed by atoms with Crippen LogP contribution in [0.4, 0.5) is 5.69 Å². The van der Waals surface area contributed by atoms with Gasteiger partial charge in [0, 0.05) is 5.69 Å². The molecule has 7 heteroatoms. The third-order valence-corrected chi connectivity index (χ3v) is 3.23. The fourth-order valence-corrected chi connectivity index (χ4v) is 2.05. The molecule has 2 aromatic rings. The smallest absolute Gasteiger partial charge is 0.264 e. The highest BCUT2D eigenvalue weighted by Gasteiger charge is 2.06. The number of methoxy groups -OCH3 is 2. The zero-order chi connectivity index (χ0) is 17.4. The minimum absolute atomic E-state index is 0.142. The maximum absolute atomic E-state index is 11.8. The van der Waals surface area contributed by atoms with Crippen molar-refractivity contribution in [3.63, 3.8) is 0 Å². The summed E-state index contributed by atoms with van der Waals surface area (Å²) in [6.45, 7) is -0.142. The Morgan fingerprint density at radius 2 is 1.42 bits per heavy atom. The van der Waals surface area contributed by atoms with Crippen molar-refractivity contribution in [3.8, 4) is 17.2 Å². The monoisotopic (exact) mass is 346 g/mol. The third-order valence-electron chi connectivity index (χ3n) is 3.03. The number of amides is 1. The number of hydrogen-bond acceptors (Lipinski definition) is 5. The van der Waals surface area contributed by atoms with Crippen LogP contribution in [0.5, 0.6) is 17.2 Å². The van der Waals surface area contributed by atoms with Gasteiger partial charge in [-0.3, -0.25) is 10.1 Å². The number of anilines is 1. The normalized spacial score (nSPS) is 9.75. The van der Waals surface area contributed by atoms with Crippen LogP contribution in [-0.2, 0) is 4.79 Å². The Kier molecular flexibility index (Phi) is 6.39. The molecule has 1 amide bonds. The van der Waals surface area contributed by atoms with Gasteiger partial charge in [-0.25, -0.2) is 0 Å². The van der Waals surface area contributed by atoms with Gasteiger partial charge in [-0.1, -0.05) is 0 Å². The lowest BCUT2D eigenvalue weighted by atomic mass is 10.3. The molecule has 2 rings (SSSR count). The minimum atomic E-state index is -0.350. The Labute approximate surface area is 145 Å². The summed E-state index contributed by atoms with van der Waals surface area (Å²) in [6, 6.07) is 14.1. The lowest BCUT2D eigenvalue weighted by molar-refractivity contribution is -0.121. The molecule has 0 unspecified atom stereocenters. The molecular weight excluding hydrogens is 328 g/mol. The second-order valence-corrected chi connectivity index (χ2v) is 5.10. The van der Waals surface area contributed by atoms with Crippen LogP contribution >= 0.6 is 12.2 Å². The zero-order valence-electron chi connectivity index (χ0n) is 13.4. The minimum Gasteiger partial charge on any atom is -0.497 e. The second-order valence-electron chi connectivity index (χ2n) is 4.70. The van der Waals surface area contributed by atoms with Crippen LogP contribution in [-0.4, -0.2) is 31.8 Å². The van der Waals surface area contributed by atoms with Gasteiger partial charge in [-0.2, -0.15) is 0 Å². The van der Waals surface area contributed by atoms with Crippen LogP contribution < -0.4 is 24.8 Å². The van der Waals surface area contributed by atoms with E-state index < -0.39 is 0 Å². The predicted octanol–water partition coefficient (Wildman–Crippen LogP) is 2.60. The molecule has 0 aliphatic rings. The maximum atomic E-state index is 11.8. The van der Waals surface area contributed by atoms with Gasteiger partial charge >= 0.3 is 0 Å². The molecule has 0 aliphatic carbocycles. The fourth-order valence-electron chi connectivity index (χ4n) is 1.82. The van der Waals surface area contributed by atoms with Crippen molar-refractivity contribution in [3.05, 3.63) is 48.5 Å². The van der Waals surface area contributed by atoms with Crippen molar-refractivity contribution in [2.24, 2.45) is 0 Å². The second kappa shape index (κ2) is 8.73. The number of carbonyl (C=O) groups is 1. The van der Waals surface area contributed by atoms with E-state index in [1.165, 1.54) is 0 Å². The van der Waals surface area contributed by atoms with E-state index >= 15 is 0 Å². The quantitative estimate of drug-likeness (QED) is 0.784. The van der Waals surface area contributed by atoms with Gasteiger partial charge in [0.05, 0.1) is 14.2 Å². The van der Waals surface area contributed by atoms with Crippen molar-refractivity contribution in [2.75, 3.05) is 26.1 Å². The number of nitrogens with one attached hydrogen (secondary N) is 2. The number of ether oxygens (including phenoxy) is 3. The topological polar surface area (TPSA) is 68.8 Å². The summed E-state index contributed by atoms with van der Waals surface area (Å²) < 4.78 is 15.5. The highest BCUT2D eigenvalue weighted by molar-refractivity contribution is 7.80. The lowest BCUT2D eigenvalue weighted by Gasteiger charge is -2.11. The highest BCUT2D eigenvalue weighted by atomic mass is 32.1. The molecule has 0 bridgehead atoms. The van der Waals surface area contributed by atoms with E-state index in [9.17, 15) is 4.79 Å². The molecule has 0 spiro atoms. The standard InChI is InChI=1S/C17H18N2O4S/c1-21-13-5-3-12(4-6-13)18-17(24)19-16(20)11-23-15-9-7-14(22-2)8-10-15/h3-10H,11H2,1-2H3,(H2,18,19,20,24). The predicted molar refractivity (Wildman–Crippen MR) is 95.8 cm³/mol. The number of hydrogen-bond donors (Lipinski definition) is 2. The van der Waals surface area contributed by atoms with Gasteiger partial charge in [0.1, 0.15) is 17.2 Å². The first-order valence-electron chi connectivity index (χ1n) is 7.12. The molecule has 0 fully saturated rings. The summed E-state index contributed by atoms with van der Waals surface area (Å²) in [5.41, 5.74) is 0.747. The molecule has 2 aromatic carbocycles. The number of carbonyl (C=O) groups excluding carboxylic acids is 1. The fraction of sp³-hybridized carbons (Fsp3) is 0.176. The van der Waals surface area contributed by atoms with Crippen LogP contribution in [0.2, 0.25) is 0 Å². The van der Waals surface area contributed by atoms with Gasteiger partial charge in [-0.15, -0.1) is 0 Å². The Morgan fingerprint density at radius 1 is 0.917 bits per heavy atom. The van der Waals surface area contributed by atoms with Gasteiger partial charge in [-0.05, 0) is 60.7 Å². The third kappa shape index (κ3) is 5.44. The molecule has 0 aliphatic heterocycles.